The number of methoxy groups -OCH3 is 4. The van der Waals surface area contributed by atoms with E-state index in [1.165, 1.54) is 64.8 Å². The van der Waals surface area contributed by atoms with Gasteiger partial charge >= 0.3 is 43.4 Å². The summed E-state index contributed by atoms with van der Waals surface area (Å²) < 4.78 is 38.9. The molecule has 8 bridgehead atoms. The molecule has 12 rings (SSSR count). The van der Waals surface area contributed by atoms with E-state index in [1.54, 1.807) is 18.2 Å². The minimum absolute atomic E-state index is 0. The Labute approximate surface area is 523 Å². The van der Waals surface area contributed by atoms with Crippen molar-refractivity contribution in [1.29, 1.82) is 0 Å². The van der Waals surface area contributed by atoms with Crippen molar-refractivity contribution < 1.29 is 71.8 Å². The predicted molar refractivity (Wildman–Crippen MR) is 321 cm³/mol. The first-order valence-corrected chi connectivity index (χ1v) is 27.5. The molecule has 0 radical (unpaired) electrons. The Morgan fingerprint density at radius 2 is 0.828 bits per heavy atom. The molecule has 2 aliphatic heterocycles. The van der Waals surface area contributed by atoms with Crippen molar-refractivity contribution in [3.63, 3.8) is 0 Å². The summed E-state index contributed by atoms with van der Waals surface area (Å²) in [6.07, 6.45) is 0. The number of hydrogen-bond acceptors (Lipinski definition) is 17. The van der Waals surface area contributed by atoms with Crippen molar-refractivity contribution in [2.45, 2.75) is 39.4 Å². The van der Waals surface area contributed by atoms with E-state index in [9.17, 15) is 19.2 Å². The summed E-state index contributed by atoms with van der Waals surface area (Å²) in [7, 11) is 4.83. The summed E-state index contributed by atoms with van der Waals surface area (Å²) in [6.45, 7) is 6.05. The van der Waals surface area contributed by atoms with Crippen LogP contribution in [-0.2, 0) is 57.1 Å². The van der Waals surface area contributed by atoms with E-state index < -0.39 is 23.9 Å². The summed E-state index contributed by atoms with van der Waals surface area (Å²) in [5.74, 6) is -1.39. The number of halogens is 3. The summed E-state index contributed by atoms with van der Waals surface area (Å²) in [6, 6.07) is 34.5. The molecular formula is C64H45Cl3N8O11Zn. The van der Waals surface area contributed by atoms with Crippen molar-refractivity contribution in [3.8, 4) is 68.5 Å². The van der Waals surface area contributed by atoms with Crippen LogP contribution < -0.4 is 24.2 Å². The molecule has 0 N–H and O–H groups in total. The zero-order valence-electron chi connectivity index (χ0n) is 47.4. The molecule has 0 spiro atoms. The van der Waals surface area contributed by atoms with Gasteiger partial charge in [0, 0.05) is 55.6 Å². The first-order chi connectivity index (χ1) is 41.4. The molecule has 10 aromatic rings. The first-order valence-electron chi connectivity index (χ1n) is 26.4. The summed E-state index contributed by atoms with van der Waals surface area (Å²) in [5.41, 5.74) is 5.56. The maximum absolute atomic E-state index is 12.7. The monoisotopic (exact) mass is 1270 g/mol. The number of rotatable bonds is 12. The Kier molecular flexibility index (Phi) is 16.3. The summed E-state index contributed by atoms with van der Waals surface area (Å²) >= 11 is 22.3. The van der Waals surface area contributed by atoms with Gasteiger partial charge < -0.3 is 63.1 Å². The number of carbonyl (C=O) groups is 4. The quantitative estimate of drug-likeness (QED) is 0.0478. The molecule has 0 saturated heterocycles. The van der Waals surface area contributed by atoms with Crippen LogP contribution in [0.25, 0.3) is 89.7 Å². The predicted octanol–water partition coefficient (Wildman–Crippen LogP) is 13.5. The minimum atomic E-state index is -0.720. The number of ether oxygens (including phenoxy) is 7. The van der Waals surface area contributed by atoms with Crippen molar-refractivity contribution in [2.24, 2.45) is 0 Å². The molecule has 5 heterocycles. The number of fused-ring (bicyclic) bond motifs is 20. The number of hydrogen-bond donors (Lipinski definition) is 0. The Bertz CT molecular complexity index is 4550. The van der Waals surface area contributed by atoms with Crippen LogP contribution in [0, 0.1) is 0 Å². The van der Waals surface area contributed by atoms with E-state index in [2.05, 4.69) is 32.9 Å². The largest absolute Gasteiger partial charge is 2.00 e. The number of carbonyl (C=O) groups excluding carboxylic acids is 4. The normalized spacial score (nSPS) is 11.5. The van der Waals surface area contributed by atoms with Gasteiger partial charge in [0.05, 0.1) is 84.0 Å². The van der Waals surface area contributed by atoms with Crippen molar-refractivity contribution in [3.05, 3.63) is 175 Å². The molecule has 0 atom stereocenters. The zero-order valence-corrected chi connectivity index (χ0v) is 52.6. The fraction of sp³-hybridized carbons (Fsp3) is 0.156. The molecule has 19 nitrogen and oxygen atoms in total. The third kappa shape index (κ3) is 11.4. The Balaban J connectivity index is 0.00000784. The van der Waals surface area contributed by atoms with Gasteiger partial charge in [-0.2, -0.15) is 0 Å². The molecule has 7 aromatic carbocycles. The van der Waals surface area contributed by atoms with Crippen LogP contribution in [0.4, 0.5) is 0 Å². The van der Waals surface area contributed by atoms with Gasteiger partial charge in [-0.05, 0) is 93.5 Å². The van der Waals surface area contributed by atoms with Gasteiger partial charge in [0.25, 0.3) is 0 Å². The van der Waals surface area contributed by atoms with Gasteiger partial charge in [-0.3, -0.25) is 0 Å². The molecule has 0 fully saturated rings. The molecule has 0 amide bonds. The standard InChI is InChI=1S/C64H45Cl3N8O11.Zn/c1-64(2,3)36-16-17-44-45(27-36)57-71-53-41-13-9-11-15-43(41)55(69-53)74-59-47-46(58(75-59)73-54-42-14-10-8-12-40(42)52(68-54)70-56(44)72-57)48(65)50(67)51(49(47)66)86-39-19-30(28-84-37-23-32(60(76)80-4)21-33(24-37)61(77)81-5)18-31(20-39)29-85-38-25-34(62(78)82-6)22-35(26-38)63(79)83-7;/h8-27H,28-29H2,1-7H3;/q-2;+2. The van der Waals surface area contributed by atoms with Crippen LogP contribution in [0.15, 0.2) is 121 Å². The van der Waals surface area contributed by atoms with Gasteiger partial charge in [-0.1, -0.05) is 116 Å². The number of nitrogens with zero attached hydrogens (tertiary/aromatic N) is 8. The Morgan fingerprint density at radius 3 is 1.24 bits per heavy atom. The average molecular weight is 1270 g/mol. The average Bonchev–Trinajstić information content (AvgIpc) is 1.74. The van der Waals surface area contributed by atoms with E-state index in [0.717, 1.165) is 16.3 Å². The fourth-order valence-electron chi connectivity index (χ4n) is 9.95. The smallest absolute Gasteiger partial charge is 0.489 e. The molecular weight excluding hydrogens is 1230 g/mol. The van der Waals surface area contributed by atoms with E-state index >= 15 is 0 Å². The number of benzene rings is 7. The summed E-state index contributed by atoms with van der Waals surface area (Å²) in [5, 5.41) is 1.76. The third-order valence-electron chi connectivity index (χ3n) is 14.2. The van der Waals surface area contributed by atoms with E-state index in [0.29, 0.717) is 56.3 Å². The van der Waals surface area contributed by atoms with Gasteiger partial charge in [0.2, 0.25) is 0 Å². The van der Waals surface area contributed by atoms with Crippen LogP contribution in [-0.4, -0.2) is 82.2 Å². The third-order valence-corrected chi connectivity index (χ3v) is 15.4. The molecule has 3 aromatic heterocycles. The zero-order chi connectivity index (χ0) is 60.3. The van der Waals surface area contributed by atoms with Crippen LogP contribution in [0.1, 0.15) is 78.9 Å². The maximum Gasteiger partial charge on any atom is 2.00 e. The van der Waals surface area contributed by atoms with E-state index in [-0.39, 0.29) is 132 Å². The second-order valence-electron chi connectivity index (χ2n) is 20.7. The van der Waals surface area contributed by atoms with Crippen molar-refractivity contribution in [2.75, 3.05) is 28.4 Å². The van der Waals surface area contributed by atoms with Crippen LogP contribution in [0.5, 0.6) is 23.0 Å². The van der Waals surface area contributed by atoms with Crippen molar-refractivity contribution in [1.82, 2.24) is 39.9 Å². The molecule has 0 saturated carbocycles. The topological polar surface area (TPSA) is 238 Å². The molecule has 2 aliphatic rings. The van der Waals surface area contributed by atoms with E-state index in [4.69, 9.17) is 108 Å². The second-order valence-corrected chi connectivity index (χ2v) is 21.9. The molecule has 0 aliphatic carbocycles. The van der Waals surface area contributed by atoms with Gasteiger partial charge in [-0.15, -0.1) is 0 Å². The van der Waals surface area contributed by atoms with Gasteiger partial charge in [-0.25, -0.2) is 29.1 Å². The number of esters is 4. The van der Waals surface area contributed by atoms with Crippen LogP contribution in [0.2, 0.25) is 15.1 Å². The SMILES string of the molecule is COC(=O)c1cc(OCc2cc(COc3cc(C(=O)OC)cc(C(=O)OC)c3)cc(Oc3c(Cl)c(Cl)c4c5nc6nc(nc7[n-]c(nc8nc(nc([n-]5)c4c3Cl)-c3ccccc3-8)c3cc(C(C)(C)C)ccc73)-c3ccccc3-6)c2)cc(C(=O)OC)c1.[Zn+2]. The maximum atomic E-state index is 12.7. The molecule has 87 heavy (non-hydrogen) atoms. The molecule has 0 unspecified atom stereocenters. The molecule has 23 heteroatoms. The van der Waals surface area contributed by atoms with Gasteiger partial charge in [0.1, 0.15) is 35.5 Å². The minimum Gasteiger partial charge on any atom is -0.489 e. The summed E-state index contributed by atoms with van der Waals surface area (Å²) in [4.78, 5) is 91.3. The van der Waals surface area contributed by atoms with Crippen molar-refractivity contribution >= 4 is 103 Å². The second kappa shape index (κ2) is 23.9. The first kappa shape index (κ1) is 59.4. The Morgan fingerprint density at radius 1 is 0.437 bits per heavy atom. The Hall–Kier alpha value is -9.33. The molecule has 430 valence electrons. The van der Waals surface area contributed by atoms with Gasteiger partial charge in [0.15, 0.2) is 5.75 Å². The van der Waals surface area contributed by atoms with Crippen LogP contribution >= 0.6 is 34.8 Å². The van der Waals surface area contributed by atoms with E-state index in [1.807, 2.05) is 54.6 Å². The number of aromatic nitrogens is 8. The van der Waals surface area contributed by atoms with Crippen LogP contribution in [0.3, 0.4) is 0 Å². The fourth-order valence-corrected chi connectivity index (χ4v) is 10.8.